The number of benzene rings is 1. The Morgan fingerprint density at radius 3 is 2.83 bits per heavy atom. The van der Waals surface area contributed by atoms with Gasteiger partial charge in [-0.1, -0.05) is 12.1 Å². The number of ether oxygens (including phenoxy) is 1. The highest BCUT2D eigenvalue weighted by Crippen LogP contribution is 2.14. The fraction of sp³-hybridized carbons (Fsp3) is 0.357. The van der Waals surface area contributed by atoms with E-state index in [-0.39, 0.29) is 0 Å². The molecule has 96 valence electrons. The molecule has 0 aliphatic carbocycles. The normalized spacial score (nSPS) is 10.6. The molecular weight excluding hydrogens is 228 g/mol. The summed E-state index contributed by atoms with van der Waals surface area (Å²) in [4.78, 5) is 4.33. The van der Waals surface area contributed by atoms with Gasteiger partial charge in [0.05, 0.1) is 18.8 Å². The molecule has 0 amide bonds. The van der Waals surface area contributed by atoms with Crippen molar-refractivity contribution >= 4 is 5.69 Å². The van der Waals surface area contributed by atoms with Gasteiger partial charge < -0.3 is 14.5 Å². The van der Waals surface area contributed by atoms with Gasteiger partial charge in [0.25, 0.3) is 0 Å². The molecule has 0 unspecified atom stereocenters. The van der Waals surface area contributed by atoms with E-state index in [4.69, 9.17) is 9.15 Å². The zero-order chi connectivity index (χ0) is 13.0. The highest BCUT2D eigenvalue weighted by molar-refractivity contribution is 5.45. The maximum atomic E-state index is 5.52. The zero-order valence-corrected chi connectivity index (χ0v) is 11.0. The Labute approximate surface area is 107 Å². The van der Waals surface area contributed by atoms with E-state index in [9.17, 15) is 0 Å². The molecule has 4 heteroatoms. The molecule has 1 heterocycles. The number of hydrogen-bond acceptors (Lipinski definition) is 4. The number of anilines is 1. The topological polar surface area (TPSA) is 47.3 Å². The van der Waals surface area contributed by atoms with Crippen LogP contribution in [0.5, 0.6) is 0 Å². The van der Waals surface area contributed by atoms with E-state index in [1.54, 1.807) is 7.11 Å². The maximum absolute atomic E-state index is 5.52. The molecule has 2 aromatic rings. The largest absolute Gasteiger partial charge is 0.444 e. The number of nitrogens with zero attached hydrogens (tertiary/aromatic N) is 1. The lowest BCUT2D eigenvalue weighted by Crippen LogP contribution is -2.00. The Bertz CT molecular complexity index is 501. The molecule has 0 spiro atoms. The maximum Gasteiger partial charge on any atom is 0.213 e. The van der Waals surface area contributed by atoms with E-state index < -0.39 is 0 Å². The molecule has 1 aromatic heterocycles. The molecule has 2 rings (SSSR count). The molecule has 1 N–H and O–H groups in total. The van der Waals surface area contributed by atoms with Crippen LogP contribution in [-0.2, 0) is 17.9 Å². The lowest BCUT2D eigenvalue weighted by Gasteiger charge is -2.06. The van der Waals surface area contributed by atoms with Crippen LogP contribution in [0, 0.1) is 13.8 Å². The number of aryl methyl sites for hydroxylation is 2. The van der Waals surface area contributed by atoms with Crippen LogP contribution in [0.3, 0.4) is 0 Å². The van der Waals surface area contributed by atoms with Crippen LogP contribution in [0.4, 0.5) is 5.69 Å². The first-order valence-electron chi connectivity index (χ1n) is 5.93. The van der Waals surface area contributed by atoms with Crippen LogP contribution in [0.15, 0.2) is 28.7 Å². The average Bonchev–Trinajstić information content (AvgIpc) is 2.67. The van der Waals surface area contributed by atoms with Crippen molar-refractivity contribution in [3.63, 3.8) is 0 Å². The molecule has 0 saturated carbocycles. The lowest BCUT2D eigenvalue weighted by molar-refractivity contribution is 0.185. The van der Waals surface area contributed by atoms with Crippen molar-refractivity contribution in [1.82, 2.24) is 4.98 Å². The Morgan fingerprint density at radius 1 is 1.33 bits per heavy atom. The number of rotatable bonds is 5. The van der Waals surface area contributed by atoms with Gasteiger partial charge in [0, 0.05) is 12.8 Å². The minimum absolute atomic E-state index is 0.588. The van der Waals surface area contributed by atoms with E-state index in [0.29, 0.717) is 19.0 Å². The smallest absolute Gasteiger partial charge is 0.213 e. The van der Waals surface area contributed by atoms with E-state index in [0.717, 1.165) is 22.7 Å². The molecule has 0 aliphatic rings. The first kappa shape index (κ1) is 12.6. The van der Waals surface area contributed by atoms with Crippen molar-refractivity contribution in [2.45, 2.75) is 27.0 Å². The molecule has 0 saturated heterocycles. The van der Waals surface area contributed by atoms with Gasteiger partial charge in [0.2, 0.25) is 5.89 Å². The van der Waals surface area contributed by atoms with Crippen LogP contribution in [0.25, 0.3) is 0 Å². The molecule has 0 bridgehead atoms. The third-order valence-corrected chi connectivity index (χ3v) is 2.75. The van der Waals surface area contributed by atoms with E-state index in [1.165, 1.54) is 0 Å². The Morgan fingerprint density at radius 2 is 2.17 bits per heavy atom. The molecule has 0 atom stereocenters. The molecular formula is C14H18N2O2. The Balaban J connectivity index is 1.99. The Hall–Kier alpha value is -1.81. The molecule has 0 fully saturated rings. The van der Waals surface area contributed by atoms with E-state index in [2.05, 4.69) is 16.4 Å². The highest BCUT2D eigenvalue weighted by Gasteiger charge is 2.05. The lowest BCUT2D eigenvalue weighted by atomic mass is 10.2. The van der Waals surface area contributed by atoms with Crippen LogP contribution < -0.4 is 5.32 Å². The fourth-order valence-corrected chi connectivity index (χ4v) is 1.73. The fourth-order valence-electron chi connectivity index (χ4n) is 1.73. The van der Waals surface area contributed by atoms with Crippen molar-refractivity contribution in [3.05, 3.63) is 47.2 Å². The summed E-state index contributed by atoms with van der Waals surface area (Å²) >= 11 is 0. The number of hydrogen-bond donors (Lipinski definition) is 1. The van der Waals surface area contributed by atoms with Gasteiger partial charge >= 0.3 is 0 Å². The first-order valence-corrected chi connectivity index (χ1v) is 5.93. The monoisotopic (exact) mass is 246 g/mol. The second-order valence-electron chi connectivity index (χ2n) is 4.24. The molecule has 0 aliphatic heterocycles. The van der Waals surface area contributed by atoms with Crippen molar-refractivity contribution in [2.24, 2.45) is 0 Å². The van der Waals surface area contributed by atoms with Crippen LogP contribution >= 0.6 is 0 Å². The molecule has 0 radical (unpaired) electrons. The van der Waals surface area contributed by atoms with E-state index in [1.807, 2.05) is 32.0 Å². The van der Waals surface area contributed by atoms with Gasteiger partial charge in [-0.3, -0.25) is 0 Å². The highest BCUT2D eigenvalue weighted by atomic mass is 16.5. The minimum atomic E-state index is 0.588. The summed E-state index contributed by atoms with van der Waals surface area (Å²) in [5.74, 6) is 1.59. The zero-order valence-electron chi connectivity index (χ0n) is 11.0. The minimum Gasteiger partial charge on any atom is -0.444 e. The summed E-state index contributed by atoms with van der Waals surface area (Å²) in [6.45, 7) is 5.07. The quantitative estimate of drug-likeness (QED) is 0.880. The van der Waals surface area contributed by atoms with Crippen LogP contribution in [0.2, 0.25) is 0 Å². The summed E-state index contributed by atoms with van der Waals surface area (Å²) in [5.41, 5.74) is 3.13. The van der Waals surface area contributed by atoms with Gasteiger partial charge in [-0.05, 0) is 31.5 Å². The van der Waals surface area contributed by atoms with Gasteiger partial charge in [-0.25, -0.2) is 4.98 Å². The second kappa shape index (κ2) is 5.69. The van der Waals surface area contributed by atoms with Crippen molar-refractivity contribution < 1.29 is 9.15 Å². The van der Waals surface area contributed by atoms with Crippen LogP contribution in [0.1, 0.15) is 22.9 Å². The van der Waals surface area contributed by atoms with Crippen molar-refractivity contribution in [1.29, 1.82) is 0 Å². The van der Waals surface area contributed by atoms with Gasteiger partial charge in [-0.2, -0.15) is 0 Å². The van der Waals surface area contributed by atoms with Gasteiger partial charge in [0.1, 0.15) is 5.76 Å². The second-order valence-corrected chi connectivity index (χ2v) is 4.24. The van der Waals surface area contributed by atoms with Crippen LogP contribution in [-0.4, -0.2) is 12.1 Å². The summed E-state index contributed by atoms with van der Waals surface area (Å²) in [6.07, 6.45) is 0. The van der Waals surface area contributed by atoms with Gasteiger partial charge in [-0.15, -0.1) is 0 Å². The predicted molar refractivity (Wildman–Crippen MR) is 70.5 cm³/mol. The summed E-state index contributed by atoms with van der Waals surface area (Å²) < 4.78 is 10.6. The number of methoxy groups -OCH3 is 1. The standard InChI is InChI=1S/C14H18N2O2/c1-10-11(2)18-14(16-10)8-15-13-6-4-5-12(7-13)9-17-3/h4-7,15H,8-9H2,1-3H3. The predicted octanol–water partition coefficient (Wildman–Crippen LogP) is 3.05. The number of oxazole rings is 1. The SMILES string of the molecule is COCc1cccc(NCc2nc(C)c(C)o2)c1. The van der Waals surface area contributed by atoms with Crippen molar-refractivity contribution in [2.75, 3.05) is 12.4 Å². The number of aromatic nitrogens is 1. The van der Waals surface area contributed by atoms with E-state index >= 15 is 0 Å². The van der Waals surface area contributed by atoms with Gasteiger partial charge in [0.15, 0.2) is 0 Å². The first-order chi connectivity index (χ1) is 8.69. The molecule has 1 aromatic carbocycles. The van der Waals surface area contributed by atoms with Crippen molar-refractivity contribution in [3.8, 4) is 0 Å². The average molecular weight is 246 g/mol. The third-order valence-electron chi connectivity index (χ3n) is 2.75. The third kappa shape index (κ3) is 3.11. The number of nitrogens with one attached hydrogen (secondary N) is 1. The summed E-state index contributed by atoms with van der Waals surface area (Å²) in [5, 5.41) is 3.29. The summed E-state index contributed by atoms with van der Waals surface area (Å²) in [7, 11) is 1.69. The Kier molecular flexibility index (Phi) is 3.99. The molecule has 18 heavy (non-hydrogen) atoms. The summed E-state index contributed by atoms with van der Waals surface area (Å²) in [6, 6.07) is 8.12. The molecule has 4 nitrogen and oxygen atoms in total.